The minimum absolute atomic E-state index is 0.0884. The minimum Gasteiger partial charge on any atom is -0.392 e. The molecule has 84 valence electrons. The van der Waals surface area contributed by atoms with Gasteiger partial charge in [0.05, 0.1) is 6.10 Å². The summed E-state index contributed by atoms with van der Waals surface area (Å²) in [6.45, 7) is 11.1. The fourth-order valence-electron chi connectivity index (χ4n) is 2.28. The van der Waals surface area contributed by atoms with Crippen LogP contribution in [0.25, 0.3) is 0 Å². The average molecular weight is 199 g/mol. The normalized spacial score (nSPS) is 29.4. The van der Waals surface area contributed by atoms with Crippen LogP contribution in [0.2, 0.25) is 0 Å². The van der Waals surface area contributed by atoms with Crippen LogP contribution in [-0.2, 0) is 0 Å². The summed E-state index contributed by atoms with van der Waals surface area (Å²) >= 11 is 0. The summed E-state index contributed by atoms with van der Waals surface area (Å²) in [4.78, 5) is 2.47. The van der Waals surface area contributed by atoms with Crippen LogP contribution < -0.4 is 0 Å². The van der Waals surface area contributed by atoms with Crippen molar-refractivity contribution in [3.05, 3.63) is 0 Å². The Bertz CT molecular complexity index is 168. The lowest BCUT2D eigenvalue weighted by Gasteiger charge is -2.27. The Labute approximate surface area is 88.3 Å². The molecular weight excluding hydrogens is 174 g/mol. The monoisotopic (exact) mass is 199 g/mol. The lowest BCUT2D eigenvalue weighted by molar-refractivity contribution is 0.168. The Hall–Kier alpha value is -0.0800. The summed E-state index contributed by atoms with van der Waals surface area (Å²) in [6, 6.07) is 0.601. The number of likely N-dealkylation sites (tertiary alicyclic amines) is 1. The van der Waals surface area contributed by atoms with E-state index in [2.05, 4.69) is 32.6 Å². The SMILES string of the molecule is CC(C)CCN1CC(O)CC1C(C)C. The van der Waals surface area contributed by atoms with Crippen LogP contribution in [0.1, 0.15) is 40.5 Å². The summed E-state index contributed by atoms with van der Waals surface area (Å²) < 4.78 is 0. The topological polar surface area (TPSA) is 23.5 Å². The predicted molar refractivity (Wildman–Crippen MR) is 60.3 cm³/mol. The van der Waals surface area contributed by atoms with Gasteiger partial charge in [0.15, 0.2) is 0 Å². The zero-order valence-electron chi connectivity index (χ0n) is 10.0. The number of nitrogens with zero attached hydrogens (tertiary/aromatic N) is 1. The maximum Gasteiger partial charge on any atom is 0.0682 e. The van der Waals surface area contributed by atoms with Crippen molar-refractivity contribution in [2.45, 2.75) is 52.7 Å². The number of hydrogen-bond acceptors (Lipinski definition) is 2. The molecule has 2 heteroatoms. The first-order valence-corrected chi connectivity index (χ1v) is 5.92. The van der Waals surface area contributed by atoms with Gasteiger partial charge in [-0.15, -0.1) is 0 Å². The summed E-state index contributed by atoms with van der Waals surface area (Å²) in [5.74, 6) is 1.43. The van der Waals surface area contributed by atoms with Gasteiger partial charge in [0.1, 0.15) is 0 Å². The maximum atomic E-state index is 9.64. The fraction of sp³-hybridized carbons (Fsp3) is 1.00. The third-order valence-electron chi connectivity index (χ3n) is 3.19. The molecule has 1 aliphatic heterocycles. The molecule has 1 N–H and O–H groups in total. The highest BCUT2D eigenvalue weighted by atomic mass is 16.3. The number of aliphatic hydroxyl groups is 1. The Morgan fingerprint density at radius 2 is 1.93 bits per heavy atom. The predicted octanol–water partition coefficient (Wildman–Crippen LogP) is 2.12. The number of rotatable bonds is 4. The van der Waals surface area contributed by atoms with Gasteiger partial charge in [-0.1, -0.05) is 27.7 Å². The molecule has 2 unspecified atom stereocenters. The van der Waals surface area contributed by atoms with Gasteiger partial charge in [-0.25, -0.2) is 0 Å². The molecule has 0 saturated carbocycles. The summed E-state index contributed by atoms with van der Waals surface area (Å²) in [7, 11) is 0. The van der Waals surface area contributed by atoms with Gasteiger partial charge >= 0.3 is 0 Å². The molecule has 1 heterocycles. The summed E-state index contributed by atoms with van der Waals surface area (Å²) in [5.41, 5.74) is 0. The van der Waals surface area contributed by atoms with E-state index in [4.69, 9.17) is 0 Å². The van der Waals surface area contributed by atoms with Crippen LogP contribution in [-0.4, -0.2) is 35.2 Å². The van der Waals surface area contributed by atoms with E-state index in [0.29, 0.717) is 12.0 Å². The van der Waals surface area contributed by atoms with Crippen molar-refractivity contribution in [1.82, 2.24) is 4.90 Å². The quantitative estimate of drug-likeness (QED) is 0.749. The Balaban J connectivity index is 2.41. The molecule has 1 saturated heterocycles. The van der Waals surface area contributed by atoms with Crippen LogP contribution in [0.3, 0.4) is 0 Å². The van der Waals surface area contributed by atoms with Gasteiger partial charge < -0.3 is 5.11 Å². The van der Waals surface area contributed by atoms with E-state index < -0.39 is 0 Å². The average Bonchev–Trinajstić information content (AvgIpc) is 2.43. The third-order valence-corrected chi connectivity index (χ3v) is 3.19. The Morgan fingerprint density at radius 1 is 1.29 bits per heavy atom. The number of aliphatic hydroxyl groups excluding tert-OH is 1. The lowest BCUT2D eigenvalue weighted by Crippen LogP contribution is -2.34. The van der Waals surface area contributed by atoms with Crippen molar-refractivity contribution in [2.24, 2.45) is 11.8 Å². The Morgan fingerprint density at radius 3 is 2.43 bits per heavy atom. The highest BCUT2D eigenvalue weighted by molar-refractivity contribution is 4.86. The second kappa shape index (κ2) is 5.13. The van der Waals surface area contributed by atoms with E-state index in [0.717, 1.165) is 25.4 Å². The molecule has 1 aliphatic rings. The smallest absolute Gasteiger partial charge is 0.0682 e. The maximum absolute atomic E-state index is 9.64. The van der Waals surface area contributed by atoms with Gasteiger partial charge in [-0.3, -0.25) is 4.90 Å². The number of hydrogen-bond donors (Lipinski definition) is 1. The first kappa shape index (κ1) is 12.0. The van der Waals surface area contributed by atoms with E-state index in [9.17, 15) is 5.11 Å². The van der Waals surface area contributed by atoms with E-state index in [-0.39, 0.29) is 6.10 Å². The Kier molecular flexibility index (Phi) is 4.39. The third kappa shape index (κ3) is 3.25. The largest absolute Gasteiger partial charge is 0.392 e. The van der Waals surface area contributed by atoms with Gasteiger partial charge in [0, 0.05) is 12.6 Å². The van der Waals surface area contributed by atoms with Crippen molar-refractivity contribution >= 4 is 0 Å². The molecule has 0 amide bonds. The van der Waals surface area contributed by atoms with Crippen molar-refractivity contribution in [2.75, 3.05) is 13.1 Å². The molecule has 0 radical (unpaired) electrons. The van der Waals surface area contributed by atoms with Gasteiger partial charge in [0.25, 0.3) is 0 Å². The van der Waals surface area contributed by atoms with E-state index in [1.165, 1.54) is 6.42 Å². The molecule has 2 nitrogen and oxygen atoms in total. The van der Waals surface area contributed by atoms with Gasteiger partial charge in [-0.2, -0.15) is 0 Å². The van der Waals surface area contributed by atoms with Crippen molar-refractivity contribution in [3.8, 4) is 0 Å². The zero-order chi connectivity index (χ0) is 10.7. The van der Waals surface area contributed by atoms with E-state index in [1.54, 1.807) is 0 Å². The molecule has 0 aliphatic carbocycles. The second-order valence-electron chi connectivity index (χ2n) is 5.38. The van der Waals surface area contributed by atoms with Crippen LogP contribution in [0, 0.1) is 11.8 Å². The summed E-state index contributed by atoms with van der Waals surface area (Å²) in [6.07, 6.45) is 2.13. The highest BCUT2D eigenvalue weighted by Crippen LogP contribution is 2.24. The fourth-order valence-corrected chi connectivity index (χ4v) is 2.28. The highest BCUT2D eigenvalue weighted by Gasteiger charge is 2.32. The van der Waals surface area contributed by atoms with Crippen LogP contribution >= 0.6 is 0 Å². The molecule has 0 aromatic carbocycles. The van der Waals surface area contributed by atoms with E-state index in [1.807, 2.05) is 0 Å². The zero-order valence-corrected chi connectivity index (χ0v) is 10.0. The molecule has 0 bridgehead atoms. The van der Waals surface area contributed by atoms with Crippen molar-refractivity contribution in [3.63, 3.8) is 0 Å². The molecule has 2 atom stereocenters. The second-order valence-corrected chi connectivity index (χ2v) is 5.38. The molecule has 1 rings (SSSR count). The van der Waals surface area contributed by atoms with Crippen LogP contribution in [0.4, 0.5) is 0 Å². The van der Waals surface area contributed by atoms with Gasteiger partial charge in [0.2, 0.25) is 0 Å². The minimum atomic E-state index is -0.0884. The molecule has 0 aromatic rings. The standard InChI is InChI=1S/C12H25NO/c1-9(2)5-6-13-8-11(14)7-12(13)10(3)4/h9-12,14H,5-8H2,1-4H3. The molecule has 14 heavy (non-hydrogen) atoms. The van der Waals surface area contributed by atoms with Crippen LogP contribution in [0.15, 0.2) is 0 Å². The lowest BCUT2D eigenvalue weighted by atomic mass is 10.0. The van der Waals surface area contributed by atoms with Crippen LogP contribution in [0.5, 0.6) is 0 Å². The van der Waals surface area contributed by atoms with E-state index >= 15 is 0 Å². The molecule has 0 aromatic heterocycles. The molecular formula is C12H25NO. The molecule has 0 spiro atoms. The number of β-amino-alcohol motifs (C(OH)–C–C–N with tert-alkyl or cyclic N) is 1. The summed E-state index contributed by atoms with van der Waals surface area (Å²) in [5, 5.41) is 9.64. The van der Waals surface area contributed by atoms with Crippen molar-refractivity contribution in [1.29, 1.82) is 0 Å². The van der Waals surface area contributed by atoms with Gasteiger partial charge in [-0.05, 0) is 31.2 Å². The first-order valence-electron chi connectivity index (χ1n) is 5.92. The molecule has 1 fully saturated rings. The first-order chi connectivity index (χ1) is 6.50. The van der Waals surface area contributed by atoms with Crippen molar-refractivity contribution < 1.29 is 5.11 Å².